The molecule has 130 valence electrons. The molecule has 0 saturated carbocycles. The van der Waals surface area contributed by atoms with Crippen molar-refractivity contribution in [2.75, 3.05) is 0 Å². The van der Waals surface area contributed by atoms with Crippen molar-refractivity contribution >= 4 is 29.2 Å². The Balaban J connectivity index is 3.27. The van der Waals surface area contributed by atoms with Crippen molar-refractivity contribution in [1.29, 1.82) is 0 Å². The van der Waals surface area contributed by atoms with Crippen molar-refractivity contribution in [2.45, 2.75) is 96.8 Å². The summed E-state index contributed by atoms with van der Waals surface area (Å²) >= 11 is 11.4. The van der Waals surface area contributed by atoms with Crippen LogP contribution in [0.25, 0.3) is 0 Å². The van der Waals surface area contributed by atoms with Gasteiger partial charge in [-0.25, -0.2) is 4.79 Å². The summed E-state index contributed by atoms with van der Waals surface area (Å²) in [5.41, 5.74) is 0. The van der Waals surface area contributed by atoms with E-state index >= 15 is 0 Å². The van der Waals surface area contributed by atoms with Gasteiger partial charge in [0, 0.05) is 5.03 Å². The Morgan fingerprint density at radius 3 is 1.45 bits per heavy atom. The largest absolute Gasteiger partial charge is 0.477 e. The highest BCUT2D eigenvalue weighted by Crippen LogP contribution is 2.21. The molecular weight excluding hydrogens is 319 g/mol. The maximum absolute atomic E-state index is 10.6. The van der Waals surface area contributed by atoms with Crippen LogP contribution in [-0.2, 0) is 4.79 Å². The molecule has 0 aromatic rings. The van der Waals surface area contributed by atoms with Crippen molar-refractivity contribution in [2.24, 2.45) is 0 Å². The summed E-state index contributed by atoms with van der Waals surface area (Å²) in [6.07, 6.45) is 17.4. The molecule has 0 unspecified atom stereocenters. The van der Waals surface area contributed by atoms with Gasteiger partial charge in [0.1, 0.15) is 5.03 Å². The topological polar surface area (TPSA) is 37.3 Å². The van der Waals surface area contributed by atoms with Crippen LogP contribution < -0.4 is 0 Å². The Bertz CT molecular complexity index is 314. The Labute approximate surface area is 146 Å². The first-order valence-corrected chi connectivity index (χ1v) is 9.62. The van der Waals surface area contributed by atoms with E-state index in [2.05, 4.69) is 6.92 Å². The van der Waals surface area contributed by atoms with Crippen molar-refractivity contribution in [1.82, 2.24) is 0 Å². The number of rotatable bonds is 15. The molecule has 4 heteroatoms. The number of carbonyl (C=O) groups is 1. The van der Waals surface area contributed by atoms with E-state index in [0.717, 1.165) is 12.8 Å². The third-order valence-corrected chi connectivity index (χ3v) is 4.79. The van der Waals surface area contributed by atoms with Crippen LogP contribution in [-0.4, -0.2) is 11.1 Å². The molecule has 0 aliphatic carbocycles. The van der Waals surface area contributed by atoms with E-state index in [1.165, 1.54) is 70.6 Å². The van der Waals surface area contributed by atoms with Crippen molar-refractivity contribution < 1.29 is 9.90 Å². The summed E-state index contributed by atoms with van der Waals surface area (Å²) in [5, 5.41) is 8.72. The number of aliphatic carboxylic acids is 1. The van der Waals surface area contributed by atoms with Crippen molar-refractivity contribution in [3.8, 4) is 0 Å². The van der Waals surface area contributed by atoms with Gasteiger partial charge >= 0.3 is 5.97 Å². The molecule has 0 spiro atoms. The van der Waals surface area contributed by atoms with Crippen molar-refractivity contribution in [3.63, 3.8) is 0 Å². The summed E-state index contributed by atoms with van der Waals surface area (Å²) in [7, 11) is 0. The molecule has 22 heavy (non-hydrogen) atoms. The quantitative estimate of drug-likeness (QED) is 0.249. The van der Waals surface area contributed by atoms with Crippen LogP contribution >= 0.6 is 23.2 Å². The molecule has 0 aromatic carbocycles. The van der Waals surface area contributed by atoms with Gasteiger partial charge < -0.3 is 5.11 Å². The zero-order chi connectivity index (χ0) is 16.6. The van der Waals surface area contributed by atoms with Gasteiger partial charge in [0.25, 0.3) is 0 Å². The zero-order valence-corrected chi connectivity index (χ0v) is 15.5. The first-order chi connectivity index (χ1) is 10.6. The van der Waals surface area contributed by atoms with Gasteiger partial charge in [-0.15, -0.1) is 0 Å². The first-order valence-electron chi connectivity index (χ1n) is 8.87. The Hall–Kier alpha value is -0.210. The molecule has 0 aromatic heterocycles. The van der Waals surface area contributed by atoms with E-state index < -0.39 is 5.97 Å². The number of hydrogen-bond donors (Lipinski definition) is 1. The lowest BCUT2D eigenvalue weighted by molar-refractivity contribution is -0.131. The molecule has 1 N–H and O–H groups in total. The number of unbranched alkanes of at least 4 members (excludes halogenated alkanes) is 12. The summed E-state index contributed by atoms with van der Waals surface area (Å²) < 4.78 is 0. The maximum Gasteiger partial charge on any atom is 0.348 e. The monoisotopic (exact) mass is 350 g/mol. The highest BCUT2D eigenvalue weighted by atomic mass is 35.5. The van der Waals surface area contributed by atoms with Crippen LogP contribution in [0.1, 0.15) is 96.8 Å². The second kappa shape index (κ2) is 15.7. The lowest BCUT2D eigenvalue weighted by Gasteiger charge is -2.03. The highest BCUT2D eigenvalue weighted by molar-refractivity contribution is 6.47. The molecular formula is C18H32Cl2O2. The van der Waals surface area contributed by atoms with Crippen LogP contribution in [0.2, 0.25) is 0 Å². The fraction of sp³-hybridized carbons (Fsp3) is 0.833. The number of allylic oxidation sites excluding steroid dienone is 1. The second-order valence-corrected chi connectivity index (χ2v) is 6.85. The van der Waals surface area contributed by atoms with Crippen LogP contribution in [0.15, 0.2) is 10.1 Å². The van der Waals surface area contributed by atoms with Gasteiger partial charge in [0.15, 0.2) is 0 Å². The maximum atomic E-state index is 10.6. The average Bonchev–Trinajstić information content (AvgIpc) is 2.50. The fourth-order valence-electron chi connectivity index (χ4n) is 2.52. The minimum absolute atomic E-state index is 0.236. The van der Waals surface area contributed by atoms with Crippen LogP contribution in [0.5, 0.6) is 0 Å². The molecule has 0 aliphatic rings. The van der Waals surface area contributed by atoms with Gasteiger partial charge in [-0.3, -0.25) is 0 Å². The Morgan fingerprint density at radius 1 is 0.727 bits per heavy atom. The van der Waals surface area contributed by atoms with E-state index in [1.54, 1.807) is 0 Å². The Morgan fingerprint density at radius 2 is 1.09 bits per heavy atom. The smallest absolute Gasteiger partial charge is 0.348 e. The summed E-state index contributed by atoms with van der Waals surface area (Å²) in [4.78, 5) is 10.6. The zero-order valence-electron chi connectivity index (χ0n) is 14.0. The fourth-order valence-corrected chi connectivity index (χ4v) is 2.83. The molecule has 0 atom stereocenters. The molecule has 0 amide bonds. The standard InChI is InChI=1S/C18H32Cl2O2/c1-2-3-4-5-6-7-8-9-10-11-12-13-14-15-16(19)17(20)18(21)22/h2-15H2,1H3,(H,21,22)/b17-16+. The number of carboxylic acid groups (broad SMARTS) is 1. The summed E-state index contributed by atoms with van der Waals surface area (Å²) in [6, 6.07) is 0. The second-order valence-electron chi connectivity index (χ2n) is 6.02. The first kappa shape index (κ1) is 21.8. The number of carboxylic acids is 1. The van der Waals surface area contributed by atoms with E-state index in [-0.39, 0.29) is 10.1 Å². The molecule has 0 aliphatic heterocycles. The lowest BCUT2D eigenvalue weighted by atomic mass is 10.0. The van der Waals surface area contributed by atoms with Gasteiger partial charge in [-0.2, -0.15) is 0 Å². The molecule has 0 heterocycles. The molecule has 0 bridgehead atoms. The summed E-state index contributed by atoms with van der Waals surface area (Å²) in [6.45, 7) is 2.25. The predicted molar refractivity (Wildman–Crippen MR) is 96.7 cm³/mol. The van der Waals surface area contributed by atoms with Crippen LogP contribution in [0.4, 0.5) is 0 Å². The lowest BCUT2D eigenvalue weighted by Crippen LogP contribution is -1.96. The molecule has 2 nitrogen and oxygen atoms in total. The Kier molecular flexibility index (Phi) is 15.5. The van der Waals surface area contributed by atoms with Crippen LogP contribution in [0, 0.1) is 0 Å². The molecule has 0 saturated heterocycles. The van der Waals surface area contributed by atoms with E-state index in [0.29, 0.717) is 6.42 Å². The third kappa shape index (κ3) is 13.5. The SMILES string of the molecule is CCCCCCCCCCCCCCC/C(Cl)=C(\Cl)C(=O)O. The molecule has 0 radical (unpaired) electrons. The molecule has 0 fully saturated rings. The number of halogens is 2. The normalized spacial score (nSPS) is 12.3. The third-order valence-electron chi connectivity index (χ3n) is 3.93. The molecule has 0 rings (SSSR count). The minimum atomic E-state index is -1.14. The highest BCUT2D eigenvalue weighted by Gasteiger charge is 2.09. The van der Waals surface area contributed by atoms with Gasteiger partial charge in [0.2, 0.25) is 0 Å². The number of hydrogen-bond acceptors (Lipinski definition) is 1. The van der Waals surface area contributed by atoms with Gasteiger partial charge in [0.05, 0.1) is 0 Å². The van der Waals surface area contributed by atoms with E-state index in [4.69, 9.17) is 28.3 Å². The van der Waals surface area contributed by atoms with E-state index in [1.807, 2.05) is 0 Å². The predicted octanol–water partition coefficient (Wildman–Crippen LogP) is 7.24. The van der Waals surface area contributed by atoms with E-state index in [9.17, 15) is 4.79 Å². The minimum Gasteiger partial charge on any atom is -0.477 e. The van der Waals surface area contributed by atoms with Gasteiger partial charge in [-0.1, -0.05) is 107 Å². The van der Waals surface area contributed by atoms with Crippen LogP contribution in [0.3, 0.4) is 0 Å². The average molecular weight is 351 g/mol. The van der Waals surface area contributed by atoms with Gasteiger partial charge in [-0.05, 0) is 12.8 Å². The summed E-state index contributed by atoms with van der Waals surface area (Å²) in [5.74, 6) is -1.14. The van der Waals surface area contributed by atoms with Crippen molar-refractivity contribution in [3.05, 3.63) is 10.1 Å².